The highest BCUT2D eigenvalue weighted by molar-refractivity contribution is 5.93. The molecule has 0 radical (unpaired) electrons. The number of nitrogens with one attached hydrogen (secondary N) is 2. The van der Waals surface area contributed by atoms with E-state index in [0.29, 0.717) is 31.2 Å². The van der Waals surface area contributed by atoms with E-state index in [1.807, 2.05) is 12.1 Å². The van der Waals surface area contributed by atoms with Gasteiger partial charge >= 0.3 is 0 Å². The fourth-order valence-corrected chi connectivity index (χ4v) is 2.94. The van der Waals surface area contributed by atoms with Gasteiger partial charge in [-0.25, -0.2) is 4.39 Å². The molecule has 0 unspecified atom stereocenters. The molecule has 2 aromatic rings. The third kappa shape index (κ3) is 5.62. The number of hydrogen-bond acceptors (Lipinski definition) is 3. The first-order chi connectivity index (χ1) is 13.0. The first-order valence-corrected chi connectivity index (χ1v) is 9.11. The molecule has 1 aliphatic rings. The molecule has 3 rings (SSSR count). The van der Waals surface area contributed by atoms with E-state index in [1.165, 1.54) is 12.1 Å². The summed E-state index contributed by atoms with van der Waals surface area (Å²) in [6.07, 6.45) is 2.20. The van der Waals surface area contributed by atoms with Crippen molar-refractivity contribution in [1.29, 1.82) is 0 Å². The van der Waals surface area contributed by atoms with Gasteiger partial charge in [0.25, 0.3) is 5.91 Å². The van der Waals surface area contributed by atoms with Gasteiger partial charge in [0, 0.05) is 31.7 Å². The Morgan fingerprint density at radius 2 is 1.67 bits per heavy atom. The van der Waals surface area contributed by atoms with Crippen LogP contribution in [0.1, 0.15) is 34.3 Å². The highest BCUT2D eigenvalue weighted by Crippen LogP contribution is 2.28. The second-order valence-corrected chi connectivity index (χ2v) is 6.82. The molecule has 1 saturated carbocycles. The van der Waals surface area contributed by atoms with Crippen molar-refractivity contribution in [3.63, 3.8) is 0 Å². The monoisotopic (exact) mass is 369 g/mol. The molecule has 0 aliphatic heterocycles. The molecule has 2 aromatic carbocycles. The molecule has 2 amide bonds. The minimum atomic E-state index is -0.285. The van der Waals surface area contributed by atoms with Crippen LogP contribution in [0.5, 0.6) is 0 Å². The second-order valence-electron chi connectivity index (χ2n) is 6.82. The topological polar surface area (TPSA) is 61.4 Å². The van der Waals surface area contributed by atoms with Crippen LogP contribution in [0.15, 0.2) is 48.5 Å². The van der Waals surface area contributed by atoms with Crippen molar-refractivity contribution in [2.75, 3.05) is 13.6 Å². The van der Waals surface area contributed by atoms with E-state index in [1.54, 1.807) is 31.3 Å². The van der Waals surface area contributed by atoms with Gasteiger partial charge in [0.05, 0.1) is 6.54 Å². The molecule has 1 fully saturated rings. The average Bonchev–Trinajstić information content (AvgIpc) is 3.52. The summed E-state index contributed by atoms with van der Waals surface area (Å²) in [6, 6.07) is 14.0. The Bertz CT molecular complexity index is 786. The Kier molecular flexibility index (Phi) is 6.19. The Hall–Kier alpha value is -2.73. The number of carbonyl (C=O) groups excluding carboxylic acids is 2. The van der Waals surface area contributed by atoms with Crippen LogP contribution in [0.4, 0.5) is 4.39 Å². The van der Waals surface area contributed by atoms with Crippen molar-refractivity contribution in [2.45, 2.75) is 32.0 Å². The van der Waals surface area contributed by atoms with Crippen LogP contribution >= 0.6 is 0 Å². The van der Waals surface area contributed by atoms with E-state index in [4.69, 9.17) is 0 Å². The van der Waals surface area contributed by atoms with E-state index < -0.39 is 0 Å². The second kappa shape index (κ2) is 8.77. The van der Waals surface area contributed by atoms with Crippen LogP contribution in [-0.2, 0) is 17.9 Å². The first kappa shape index (κ1) is 19.0. The minimum Gasteiger partial charge on any atom is -0.355 e. The number of rotatable bonds is 8. The Morgan fingerprint density at radius 3 is 2.26 bits per heavy atom. The van der Waals surface area contributed by atoms with Crippen molar-refractivity contribution in [2.24, 2.45) is 0 Å². The van der Waals surface area contributed by atoms with Crippen LogP contribution in [-0.4, -0.2) is 36.3 Å². The van der Waals surface area contributed by atoms with Crippen LogP contribution in [0.2, 0.25) is 0 Å². The highest BCUT2D eigenvalue weighted by atomic mass is 19.1. The largest absolute Gasteiger partial charge is 0.355 e. The lowest BCUT2D eigenvalue weighted by Crippen LogP contribution is -2.37. The summed E-state index contributed by atoms with van der Waals surface area (Å²) in [5, 5.41) is 5.50. The summed E-state index contributed by atoms with van der Waals surface area (Å²) in [5.74, 6) is -0.443. The third-order valence-electron chi connectivity index (χ3n) is 4.64. The maximum Gasteiger partial charge on any atom is 0.251 e. The molecule has 0 aromatic heterocycles. The summed E-state index contributed by atoms with van der Waals surface area (Å²) in [5.41, 5.74) is 2.56. The normalized spacial score (nSPS) is 13.4. The fourth-order valence-electron chi connectivity index (χ4n) is 2.94. The smallest absolute Gasteiger partial charge is 0.251 e. The van der Waals surface area contributed by atoms with Gasteiger partial charge in [-0.1, -0.05) is 24.3 Å². The molecule has 0 spiro atoms. The predicted octanol–water partition coefficient (Wildman–Crippen LogP) is 2.47. The van der Waals surface area contributed by atoms with Crippen molar-refractivity contribution in [3.8, 4) is 0 Å². The lowest BCUT2D eigenvalue weighted by Gasteiger charge is -2.21. The van der Waals surface area contributed by atoms with Crippen LogP contribution in [0, 0.1) is 5.82 Å². The molecule has 1 aliphatic carbocycles. The molecular weight excluding hydrogens is 345 g/mol. The van der Waals surface area contributed by atoms with Crippen molar-refractivity contribution < 1.29 is 14.0 Å². The van der Waals surface area contributed by atoms with Crippen LogP contribution in [0.25, 0.3) is 0 Å². The van der Waals surface area contributed by atoms with Gasteiger partial charge in [-0.2, -0.15) is 0 Å². The lowest BCUT2D eigenvalue weighted by molar-refractivity contribution is -0.122. The molecule has 0 bridgehead atoms. The van der Waals surface area contributed by atoms with E-state index in [0.717, 1.165) is 24.0 Å². The summed E-state index contributed by atoms with van der Waals surface area (Å²) < 4.78 is 12.9. The third-order valence-corrected chi connectivity index (χ3v) is 4.64. The van der Waals surface area contributed by atoms with Gasteiger partial charge in [0.1, 0.15) is 5.82 Å². The maximum atomic E-state index is 12.9. The standard InChI is InChI=1S/C21H24FN3O2/c1-23-21(27)17-6-2-16(3-7-17)13-25(19-10-11-19)14-20(26)24-12-15-4-8-18(22)9-5-15/h2-9,19H,10-14H2,1H3,(H,23,27)(H,24,26). The Balaban J connectivity index is 1.53. The first-order valence-electron chi connectivity index (χ1n) is 9.11. The van der Waals surface area contributed by atoms with Gasteiger partial charge in [-0.15, -0.1) is 0 Å². The molecule has 0 heterocycles. The summed E-state index contributed by atoms with van der Waals surface area (Å²) in [6.45, 7) is 1.38. The zero-order chi connectivity index (χ0) is 19.2. The number of hydrogen-bond donors (Lipinski definition) is 2. The molecule has 5 nitrogen and oxygen atoms in total. The minimum absolute atomic E-state index is 0.0480. The molecule has 142 valence electrons. The SMILES string of the molecule is CNC(=O)c1ccc(CN(CC(=O)NCc2ccc(F)cc2)C2CC2)cc1. The number of nitrogens with zero attached hydrogens (tertiary/aromatic N) is 1. The average molecular weight is 369 g/mol. The van der Waals surface area contributed by atoms with E-state index >= 15 is 0 Å². The van der Waals surface area contributed by atoms with Crippen LogP contribution in [0.3, 0.4) is 0 Å². The quantitative estimate of drug-likeness (QED) is 0.751. The molecule has 6 heteroatoms. The van der Waals surface area contributed by atoms with Gasteiger partial charge in [-0.3, -0.25) is 14.5 Å². The van der Waals surface area contributed by atoms with Crippen molar-refractivity contribution >= 4 is 11.8 Å². The zero-order valence-electron chi connectivity index (χ0n) is 15.4. The van der Waals surface area contributed by atoms with E-state index in [-0.39, 0.29) is 17.6 Å². The zero-order valence-corrected chi connectivity index (χ0v) is 15.4. The predicted molar refractivity (Wildman–Crippen MR) is 102 cm³/mol. The maximum absolute atomic E-state index is 12.9. The molecular formula is C21H24FN3O2. The molecule has 0 atom stereocenters. The fraction of sp³-hybridized carbons (Fsp3) is 0.333. The number of amides is 2. The number of carbonyl (C=O) groups is 2. The van der Waals surface area contributed by atoms with Gasteiger partial charge in [0.2, 0.25) is 5.91 Å². The van der Waals surface area contributed by atoms with E-state index in [2.05, 4.69) is 15.5 Å². The van der Waals surface area contributed by atoms with Gasteiger partial charge in [0.15, 0.2) is 0 Å². The summed E-state index contributed by atoms with van der Waals surface area (Å²) in [4.78, 5) is 26.1. The molecule has 2 N–H and O–H groups in total. The van der Waals surface area contributed by atoms with Gasteiger partial charge < -0.3 is 10.6 Å². The van der Waals surface area contributed by atoms with E-state index in [9.17, 15) is 14.0 Å². The molecule has 27 heavy (non-hydrogen) atoms. The lowest BCUT2D eigenvalue weighted by atomic mass is 10.1. The van der Waals surface area contributed by atoms with Gasteiger partial charge in [-0.05, 0) is 48.2 Å². The van der Waals surface area contributed by atoms with Crippen molar-refractivity contribution in [1.82, 2.24) is 15.5 Å². The number of benzene rings is 2. The summed E-state index contributed by atoms with van der Waals surface area (Å²) >= 11 is 0. The van der Waals surface area contributed by atoms with Crippen LogP contribution < -0.4 is 10.6 Å². The molecule has 0 saturated heterocycles. The highest BCUT2D eigenvalue weighted by Gasteiger charge is 2.30. The number of halogens is 1. The Labute approximate surface area is 158 Å². The Morgan fingerprint density at radius 1 is 1.04 bits per heavy atom. The summed E-state index contributed by atoms with van der Waals surface area (Å²) in [7, 11) is 1.61. The van der Waals surface area contributed by atoms with Crippen molar-refractivity contribution in [3.05, 3.63) is 71.0 Å².